The van der Waals surface area contributed by atoms with Crippen molar-refractivity contribution in [2.75, 3.05) is 6.61 Å². The van der Waals surface area contributed by atoms with Crippen LogP contribution in [0.4, 0.5) is 0 Å². The Balaban J connectivity index is 1.42. The topological polar surface area (TPSA) is 96.7 Å². The Morgan fingerprint density at radius 2 is 1.92 bits per heavy atom. The molecule has 0 radical (unpaired) electrons. The van der Waals surface area contributed by atoms with Gasteiger partial charge in [-0.1, -0.05) is 48.9 Å². The number of carbonyl (C=O) groups is 2. The van der Waals surface area contributed by atoms with Gasteiger partial charge in [-0.15, -0.1) is 0 Å². The van der Waals surface area contributed by atoms with Crippen molar-refractivity contribution < 1.29 is 23.8 Å². The summed E-state index contributed by atoms with van der Waals surface area (Å²) in [4.78, 5) is 44.2. The first-order valence-electron chi connectivity index (χ1n) is 12.3. The van der Waals surface area contributed by atoms with Gasteiger partial charge < -0.3 is 18.8 Å². The van der Waals surface area contributed by atoms with Crippen LogP contribution in [0, 0.1) is 0 Å². The molecule has 0 fully saturated rings. The summed E-state index contributed by atoms with van der Waals surface area (Å²) in [6.45, 7) is 1.53. The Bertz CT molecular complexity index is 1680. The van der Waals surface area contributed by atoms with Crippen molar-refractivity contribution in [3.8, 4) is 17.1 Å². The monoisotopic (exact) mass is 530 g/mol. The first-order chi connectivity index (χ1) is 18.4. The lowest BCUT2D eigenvalue weighted by Gasteiger charge is -2.32. The molecule has 4 aromatic rings. The minimum atomic E-state index is -1.40. The van der Waals surface area contributed by atoms with Gasteiger partial charge in [0.2, 0.25) is 0 Å². The predicted octanol–water partition coefficient (Wildman–Crippen LogP) is 4.75. The summed E-state index contributed by atoms with van der Waals surface area (Å²) in [7, 11) is 0. The zero-order valence-corrected chi connectivity index (χ0v) is 21.3. The van der Waals surface area contributed by atoms with Crippen LogP contribution in [0.15, 0.2) is 65.5 Å². The number of nitrogens with zero attached hydrogens (tertiary/aromatic N) is 2. The number of ether oxygens (including phenoxy) is 3. The summed E-state index contributed by atoms with van der Waals surface area (Å²) in [5.41, 5.74) is 2.09. The smallest absolute Gasteiger partial charge is 0.345 e. The van der Waals surface area contributed by atoms with Crippen LogP contribution in [-0.4, -0.2) is 28.1 Å². The van der Waals surface area contributed by atoms with Gasteiger partial charge >= 0.3 is 11.9 Å². The SMILES string of the molecule is CCC1(OC(=O)COc2ccccc2Cl)CC(=O)OCc2c1cc1n(c2=O)Cc2cc3ccccc3nc2-1. The second-order valence-corrected chi connectivity index (χ2v) is 9.79. The highest BCUT2D eigenvalue weighted by atomic mass is 35.5. The molecule has 1 unspecified atom stereocenters. The van der Waals surface area contributed by atoms with Crippen molar-refractivity contribution in [1.29, 1.82) is 0 Å². The summed E-state index contributed by atoms with van der Waals surface area (Å²) in [5, 5.41) is 1.34. The van der Waals surface area contributed by atoms with Crippen LogP contribution in [0.25, 0.3) is 22.3 Å². The number of hydrogen-bond donors (Lipinski definition) is 0. The van der Waals surface area contributed by atoms with E-state index in [1.54, 1.807) is 35.8 Å². The molecule has 192 valence electrons. The van der Waals surface area contributed by atoms with Gasteiger partial charge in [-0.25, -0.2) is 9.78 Å². The van der Waals surface area contributed by atoms with Crippen LogP contribution in [0.2, 0.25) is 5.02 Å². The maximum absolute atomic E-state index is 13.7. The second-order valence-electron chi connectivity index (χ2n) is 9.38. The number of aromatic nitrogens is 2. The molecule has 0 bridgehead atoms. The molecule has 2 aromatic carbocycles. The summed E-state index contributed by atoms with van der Waals surface area (Å²) in [6, 6.07) is 18.4. The lowest BCUT2D eigenvalue weighted by Crippen LogP contribution is -2.38. The Morgan fingerprint density at radius 3 is 2.74 bits per heavy atom. The summed E-state index contributed by atoms with van der Waals surface area (Å²) < 4.78 is 18.5. The molecule has 0 N–H and O–H groups in total. The van der Waals surface area contributed by atoms with Gasteiger partial charge in [0.1, 0.15) is 18.0 Å². The Labute approximate surface area is 222 Å². The van der Waals surface area contributed by atoms with Crippen molar-refractivity contribution >= 4 is 34.4 Å². The van der Waals surface area contributed by atoms with Crippen LogP contribution < -0.4 is 10.3 Å². The van der Waals surface area contributed by atoms with Crippen LogP contribution in [-0.2, 0) is 37.8 Å². The molecule has 2 aliphatic heterocycles. The quantitative estimate of drug-likeness (QED) is 0.302. The van der Waals surface area contributed by atoms with Crippen molar-refractivity contribution in [2.24, 2.45) is 0 Å². The average molecular weight is 531 g/mol. The minimum Gasteiger partial charge on any atom is -0.480 e. The Kier molecular flexibility index (Phi) is 5.91. The normalized spacial score (nSPS) is 17.7. The van der Waals surface area contributed by atoms with Crippen molar-refractivity contribution in [3.05, 3.63) is 92.7 Å². The highest BCUT2D eigenvalue weighted by Crippen LogP contribution is 2.41. The maximum Gasteiger partial charge on any atom is 0.345 e. The number of cyclic esters (lactones) is 1. The molecule has 2 aromatic heterocycles. The number of halogens is 1. The van der Waals surface area contributed by atoms with E-state index in [2.05, 4.69) is 0 Å². The third kappa shape index (κ3) is 4.01. The number of rotatable bonds is 5. The molecular formula is C29H23ClN2O6. The number of benzene rings is 2. The van der Waals surface area contributed by atoms with E-state index in [0.717, 1.165) is 16.5 Å². The third-order valence-electron chi connectivity index (χ3n) is 7.14. The lowest BCUT2D eigenvalue weighted by molar-refractivity contribution is -0.169. The largest absolute Gasteiger partial charge is 0.480 e. The first kappa shape index (κ1) is 24.2. The zero-order valence-electron chi connectivity index (χ0n) is 20.5. The van der Waals surface area contributed by atoms with Gasteiger partial charge in [-0.3, -0.25) is 9.59 Å². The van der Waals surface area contributed by atoms with Gasteiger partial charge in [-0.05, 0) is 36.8 Å². The molecule has 6 rings (SSSR count). The molecule has 8 nitrogen and oxygen atoms in total. The highest BCUT2D eigenvalue weighted by Gasteiger charge is 2.44. The number of hydrogen-bond acceptors (Lipinski definition) is 7. The zero-order chi connectivity index (χ0) is 26.4. The van der Waals surface area contributed by atoms with E-state index in [1.165, 1.54) is 0 Å². The van der Waals surface area contributed by atoms with Crippen LogP contribution in [0.1, 0.15) is 36.5 Å². The average Bonchev–Trinajstić information content (AvgIpc) is 3.20. The number of esters is 2. The molecule has 38 heavy (non-hydrogen) atoms. The molecule has 0 aliphatic carbocycles. The van der Waals surface area contributed by atoms with E-state index >= 15 is 0 Å². The molecule has 0 spiro atoms. The molecule has 2 aliphatic rings. The van der Waals surface area contributed by atoms with E-state index in [-0.39, 0.29) is 25.0 Å². The van der Waals surface area contributed by atoms with Crippen LogP contribution in [0.5, 0.6) is 5.75 Å². The molecular weight excluding hydrogens is 508 g/mol. The fraction of sp³-hybridized carbons (Fsp3) is 0.241. The lowest BCUT2D eigenvalue weighted by atomic mass is 9.85. The van der Waals surface area contributed by atoms with Gasteiger partial charge in [0.15, 0.2) is 6.61 Å². The summed E-state index contributed by atoms with van der Waals surface area (Å²) in [6.07, 6.45) is 0.0169. The van der Waals surface area contributed by atoms with Gasteiger partial charge in [0, 0.05) is 16.5 Å². The van der Waals surface area contributed by atoms with Crippen LogP contribution >= 0.6 is 11.6 Å². The highest BCUT2D eigenvalue weighted by molar-refractivity contribution is 6.32. The van der Waals surface area contributed by atoms with Gasteiger partial charge in [0.05, 0.1) is 40.5 Å². The second kappa shape index (κ2) is 9.29. The molecule has 0 amide bonds. The van der Waals surface area contributed by atoms with E-state index < -0.39 is 24.1 Å². The number of pyridine rings is 2. The van der Waals surface area contributed by atoms with Crippen molar-refractivity contribution in [2.45, 2.75) is 38.5 Å². The van der Waals surface area contributed by atoms with E-state index in [0.29, 0.717) is 39.8 Å². The Hall–Kier alpha value is -4.17. The maximum atomic E-state index is 13.7. The number of carbonyl (C=O) groups excluding carboxylic acids is 2. The van der Waals surface area contributed by atoms with Crippen molar-refractivity contribution in [3.63, 3.8) is 0 Å². The van der Waals surface area contributed by atoms with Gasteiger partial charge in [-0.2, -0.15) is 0 Å². The van der Waals surface area contributed by atoms with E-state index in [4.69, 9.17) is 30.8 Å². The van der Waals surface area contributed by atoms with E-state index in [9.17, 15) is 14.4 Å². The standard InChI is InChI=1S/C29H23ClN2O6/c1-2-29(38-26(34)16-36-24-10-6-4-8-21(24)30)13-25(33)37-15-19-20(29)12-23-27-18(14-32(23)28(19)35)11-17-7-3-5-9-22(17)31-27/h3-12H,2,13-16H2,1H3. The first-order valence-corrected chi connectivity index (χ1v) is 12.7. The minimum absolute atomic E-state index is 0.200. The van der Waals surface area contributed by atoms with Crippen LogP contribution in [0.3, 0.4) is 0 Å². The van der Waals surface area contributed by atoms with Crippen molar-refractivity contribution in [1.82, 2.24) is 9.55 Å². The fourth-order valence-electron chi connectivity index (χ4n) is 5.22. The van der Waals surface area contributed by atoms with Gasteiger partial charge in [0.25, 0.3) is 5.56 Å². The number of fused-ring (bicyclic) bond motifs is 5. The molecule has 9 heteroatoms. The molecule has 0 saturated carbocycles. The number of para-hydroxylation sites is 2. The fourth-order valence-corrected chi connectivity index (χ4v) is 5.41. The molecule has 1 atom stereocenters. The summed E-state index contributed by atoms with van der Waals surface area (Å²) in [5.74, 6) is -0.919. The third-order valence-corrected chi connectivity index (χ3v) is 7.45. The summed E-state index contributed by atoms with van der Waals surface area (Å²) >= 11 is 6.13. The van der Waals surface area contributed by atoms with E-state index in [1.807, 2.05) is 36.4 Å². The Morgan fingerprint density at radius 1 is 1.13 bits per heavy atom. The molecule has 4 heterocycles. The molecule has 0 saturated heterocycles. The predicted molar refractivity (Wildman–Crippen MR) is 140 cm³/mol.